The van der Waals surface area contributed by atoms with Crippen LogP contribution in [0.3, 0.4) is 0 Å². The quantitative estimate of drug-likeness (QED) is 0.499. The number of unbranched alkanes of at least 4 members (excludes halogenated alkanes) is 3. The van der Waals surface area contributed by atoms with Crippen LogP contribution >= 0.6 is 0 Å². The third kappa shape index (κ3) is 8.21. The molecule has 29 heavy (non-hydrogen) atoms. The highest BCUT2D eigenvalue weighted by atomic mass is 16.5. The lowest BCUT2D eigenvalue weighted by atomic mass is 10.1. The summed E-state index contributed by atoms with van der Waals surface area (Å²) >= 11 is 0. The minimum absolute atomic E-state index is 0.135. The Hall–Kier alpha value is -3.08. The molecule has 0 saturated carbocycles. The molecule has 0 aliphatic heterocycles. The molecule has 0 aliphatic rings. The Morgan fingerprint density at radius 2 is 1.45 bits per heavy atom. The van der Waals surface area contributed by atoms with Crippen LogP contribution in [0.25, 0.3) is 5.70 Å². The molecule has 0 bridgehead atoms. The Morgan fingerprint density at radius 1 is 0.897 bits per heavy atom. The van der Waals surface area contributed by atoms with Gasteiger partial charge in [0.25, 0.3) is 5.91 Å². The summed E-state index contributed by atoms with van der Waals surface area (Å²) < 4.78 is 5.70. The molecule has 156 valence electrons. The molecule has 2 N–H and O–H groups in total. The molecule has 5 nitrogen and oxygen atoms in total. The lowest BCUT2D eigenvalue weighted by Gasteiger charge is -2.10. The number of carbonyl (C=O) groups is 2. The standard InChI is InChI=1S/C22H25NO4.C2H6/c1-3-4-5-6-15-27-20-13-11-17(12-14-20)16(2)23-21(24)18-7-9-19(10-8-18)22(25)26;1-2/h7-14H,2-6,15H2,1H3,(H,23,24)(H,25,26);1-2H3. The molecule has 0 aliphatic carbocycles. The molecule has 1 amide bonds. The number of carbonyl (C=O) groups excluding carboxylic acids is 1. The predicted molar refractivity (Wildman–Crippen MR) is 117 cm³/mol. The van der Waals surface area contributed by atoms with Gasteiger partial charge in [0, 0.05) is 11.3 Å². The fourth-order valence-corrected chi connectivity index (χ4v) is 2.52. The first-order chi connectivity index (χ1) is 14.0. The summed E-state index contributed by atoms with van der Waals surface area (Å²) in [6, 6.07) is 13.1. The molecule has 2 aromatic rings. The largest absolute Gasteiger partial charge is 0.494 e. The van der Waals surface area contributed by atoms with Crippen LogP contribution < -0.4 is 10.1 Å². The summed E-state index contributed by atoms with van der Waals surface area (Å²) in [5.41, 5.74) is 1.75. The molecule has 0 heterocycles. The van der Waals surface area contributed by atoms with Crippen LogP contribution in [-0.4, -0.2) is 23.6 Å². The van der Waals surface area contributed by atoms with Gasteiger partial charge in [0.05, 0.1) is 12.2 Å². The molecule has 0 aromatic heterocycles. The van der Waals surface area contributed by atoms with E-state index in [1.807, 2.05) is 38.1 Å². The molecule has 0 saturated heterocycles. The van der Waals surface area contributed by atoms with Gasteiger partial charge in [-0.2, -0.15) is 0 Å². The van der Waals surface area contributed by atoms with Crippen LogP contribution in [0.2, 0.25) is 0 Å². The van der Waals surface area contributed by atoms with Gasteiger partial charge in [-0.05, 0) is 60.5 Å². The highest BCUT2D eigenvalue weighted by Crippen LogP contribution is 2.17. The zero-order valence-electron chi connectivity index (χ0n) is 17.5. The number of amides is 1. The van der Waals surface area contributed by atoms with Crippen molar-refractivity contribution in [3.8, 4) is 5.75 Å². The van der Waals surface area contributed by atoms with Gasteiger partial charge in [0.1, 0.15) is 5.75 Å². The van der Waals surface area contributed by atoms with E-state index in [1.54, 1.807) is 0 Å². The van der Waals surface area contributed by atoms with Crippen molar-refractivity contribution in [1.82, 2.24) is 5.32 Å². The highest BCUT2D eigenvalue weighted by Gasteiger charge is 2.10. The maximum Gasteiger partial charge on any atom is 0.335 e. The van der Waals surface area contributed by atoms with E-state index < -0.39 is 5.97 Å². The third-order valence-corrected chi connectivity index (χ3v) is 4.13. The number of carboxylic acid groups (broad SMARTS) is 1. The molecule has 0 atom stereocenters. The van der Waals surface area contributed by atoms with Crippen molar-refractivity contribution in [1.29, 1.82) is 0 Å². The molecule has 2 aromatic carbocycles. The number of aromatic carboxylic acids is 1. The number of hydrogen-bond donors (Lipinski definition) is 2. The van der Waals surface area contributed by atoms with Crippen LogP contribution in [-0.2, 0) is 0 Å². The second-order valence-corrected chi connectivity index (χ2v) is 6.25. The first-order valence-corrected chi connectivity index (χ1v) is 10.1. The van der Waals surface area contributed by atoms with Gasteiger partial charge in [0.15, 0.2) is 0 Å². The summed E-state index contributed by atoms with van der Waals surface area (Å²) in [5, 5.41) is 11.6. The zero-order valence-corrected chi connectivity index (χ0v) is 17.5. The van der Waals surface area contributed by atoms with Gasteiger partial charge in [-0.1, -0.05) is 46.6 Å². The molecule has 5 heteroatoms. The summed E-state index contributed by atoms with van der Waals surface area (Å²) in [6.07, 6.45) is 4.64. The lowest BCUT2D eigenvalue weighted by molar-refractivity contribution is 0.0696. The van der Waals surface area contributed by atoms with Crippen LogP contribution in [0.5, 0.6) is 5.75 Å². The summed E-state index contributed by atoms with van der Waals surface area (Å²) in [4.78, 5) is 23.1. The van der Waals surface area contributed by atoms with Crippen molar-refractivity contribution >= 4 is 17.6 Å². The van der Waals surface area contributed by atoms with Crippen molar-refractivity contribution in [2.75, 3.05) is 6.61 Å². The Kier molecular flexibility index (Phi) is 10.9. The van der Waals surface area contributed by atoms with E-state index in [-0.39, 0.29) is 11.5 Å². The molecular formula is C24H31NO4. The maximum absolute atomic E-state index is 12.3. The number of nitrogens with one attached hydrogen (secondary N) is 1. The molecular weight excluding hydrogens is 366 g/mol. The van der Waals surface area contributed by atoms with Crippen molar-refractivity contribution in [3.05, 3.63) is 71.8 Å². The average molecular weight is 398 g/mol. The van der Waals surface area contributed by atoms with Crippen LogP contribution in [0.4, 0.5) is 0 Å². The number of carboxylic acids is 1. The van der Waals surface area contributed by atoms with Gasteiger partial charge < -0.3 is 15.2 Å². The van der Waals surface area contributed by atoms with E-state index in [1.165, 1.54) is 43.5 Å². The van der Waals surface area contributed by atoms with Crippen LogP contribution in [0.15, 0.2) is 55.1 Å². The van der Waals surface area contributed by atoms with Crippen molar-refractivity contribution < 1.29 is 19.4 Å². The monoisotopic (exact) mass is 397 g/mol. The van der Waals surface area contributed by atoms with Gasteiger partial charge in [-0.15, -0.1) is 0 Å². The van der Waals surface area contributed by atoms with E-state index in [0.29, 0.717) is 17.9 Å². The number of rotatable bonds is 10. The van der Waals surface area contributed by atoms with E-state index >= 15 is 0 Å². The van der Waals surface area contributed by atoms with Gasteiger partial charge in [0.2, 0.25) is 0 Å². The van der Waals surface area contributed by atoms with E-state index in [9.17, 15) is 9.59 Å². The maximum atomic E-state index is 12.3. The van der Waals surface area contributed by atoms with E-state index in [2.05, 4.69) is 18.8 Å². The van der Waals surface area contributed by atoms with Crippen LogP contribution in [0.1, 0.15) is 72.7 Å². The first kappa shape index (κ1) is 24.0. The Balaban J connectivity index is 0.00000204. The first-order valence-electron chi connectivity index (χ1n) is 10.1. The number of ether oxygens (including phenoxy) is 1. The topological polar surface area (TPSA) is 75.6 Å². The zero-order chi connectivity index (χ0) is 21.6. The summed E-state index contributed by atoms with van der Waals surface area (Å²) in [6.45, 7) is 10.8. The smallest absolute Gasteiger partial charge is 0.335 e. The summed E-state index contributed by atoms with van der Waals surface area (Å²) in [7, 11) is 0. The Bertz CT molecular complexity index is 780. The highest BCUT2D eigenvalue weighted by molar-refractivity contribution is 6.00. The average Bonchev–Trinajstić information content (AvgIpc) is 2.75. The molecule has 2 rings (SSSR count). The van der Waals surface area contributed by atoms with Crippen LogP contribution in [0, 0.1) is 0 Å². The van der Waals surface area contributed by atoms with E-state index in [0.717, 1.165) is 17.7 Å². The van der Waals surface area contributed by atoms with Crippen molar-refractivity contribution in [2.24, 2.45) is 0 Å². The van der Waals surface area contributed by atoms with E-state index in [4.69, 9.17) is 9.84 Å². The normalized spacial score (nSPS) is 9.76. The SMILES string of the molecule is C=C(NC(=O)c1ccc(C(=O)O)cc1)c1ccc(OCCCCCC)cc1.CC. The molecule has 0 unspecified atom stereocenters. The predicted octanol–water partition coefficient (Wildman–Crippen LogP) is 5.77. The minimum atomic E-state index is -1.03. The van der Waals surface area contributed by atoms with Crippen molar-refractivity contribution in [3.63, 3.8) is 0 Å². The van der Waals surface area contributed by atoms with Gasteiger partial charge in [-0.3, -0.25) is 4.79 Å². The Labute approximate surface area is 173 Å². The Morgan fingerprint density at radius 3 is 2.00 bits per heavy atom. The molecule has 0 radical (unpaired) electrons. The molecule has 0 spiro atoms. The second-order valence-electron chi connectivity index (χ2n) is 6.25. The lowest BCUT2D eigenvalue weighted by Crippen LogP contribution is -2.21. The second kappa shape index (κ2) is 13.2. The number of hydrogen-bond acceptors (Lipinski definition) is 3. The molecule has 0 fully saturated rings. The van der Waals surface area contributed by atoms with Gasteiger partial charge in [-0.25, -0.2) is 4.79 Å². The van der Waals surface area contributed by atoms with Crippen molar-refractivity contribution in [2.45, 2.75) is 46.5 Å². The summed E-state index contributed by atoms with van der Waals surface area (Å²) in [5.74, 6) is -0.578. The fraction of sp³-hybridized carbons (Fsp3) is 0.333. The van der Waals surface area contributed by atoms with Gasteiger partial charge >= 0.3 is 5.97 Å². The third-order valence-electron chi connectivity index (χ3n) is 4.13. The number of benzene rings is 2. The fourth-order valence-electron chi connectivity index (χ4n) is 2.52. The minimum Gasteiger partial charge on any atom is -0.494 e.